The molecule has 0 saturated carbocycles. The number of benzene rings is 2. The highest BCUT2D eigenvalue weighted by Gasteiger charge is 2.44. The van der Waals surface area contributed by atoms with Crippen molar-refractivity contribution >= 4 is 5.91 Å². The maximum atomic E-state index is 12.6. The molecule has 1 aliphatic carbocycles. The van der Waals surface area contributed by atoms with Crippen LogP contribution in [-0.2, 0) is 23.2 Å². The maximum Gasteiger partial charge on any atom is 0.222 e. The Morgan fingerprint density at radius 1 is 1.00 bits per heavy atom. The van der Waals surface area contributed by atoms with Crippen LogP contribution >= 0.6 is 0 Å². The summed E-state index contributed by atoms with van der Waals surface area (Å²) in [6, 6.07) is 14.5. The fraction of sp³-hybridized carbons (Fsp3) is 0.409. The average Bonchev–Trinajstić information content (AvgIpc) is 3.01. The predicted octanol–water partition coefficient (Wildman–Crippen LogP) is 3.71. The molecule has 4 heteroatoms. The van der Waals surface area contributed by atoms with Gasteiger partial charge in [0.25, 0.3) is 0 Å². The van der Waals surface area contributed by atoms with Crippen LogP contribution in [-0.4, -0.2) is 31.6 Å². The summed E-state index contributed by atoms with van der Waals surface area (Å²) in [4.78, 5) is 14.6. The number of methoxy groups -OCH3 is 2. The molecule has 2 aliphatic rings. The smallest absolute Gasteiger partial charge is 0.222 e. The second kappa shape index (κ2) is 6.67. The first kappa shape index (κ1) is 17.0. The fourth-order valence-corrected chi connectivity index (χ4v) is 4.54. The van der Waals surface area contributed by atoms with Gasteiger partial charge < -0.3 is 14.4 Å². The zero-order valence-corrected chi connectivity index (χ0v) is 15.5. The highest BCUT2D eigenvalue weighted by molar-refractivity contribution is 5.78. The number of nitrogens with zero attached hydrogens (tertiary/aromatic N) is 1. The molecule has 1 saturated heterocycles. The van der Waals surface area contributed by atoms with Crippen molar-refractivity contribution in [3.05, 3.63) is 59.2 Å². The van der Waals surface area contributed by atoms with Crippen molar-refractivity contribution in [1.29, 1.82) is 0 Å². The molecule has 1 unspecified atom stereocenters. The van der Waals surface area contributed by atoms with E-state index in [1.807, 2.05) is 23.1 Å². The van der Waals surface area contributed by atoms with Gasteiger partial charge in [0.15, 0.2) is 11.5 Å². The molecule has 136 valence electrons. The fourth-order valence-electron chi connectivity index (χ4n) is 4.54. The molecule has 0 N–H and O–H groups in total. The Balaban J connectivity index is 1.65. The first-order valence-corrected chi connectivity index (χ1v) is 9.22. The van der Waals surface area contributed by atoms with Crippen molar-refractivity contribution in [2.75, 3.05) is 20.8 Å². The second-order valence-corrected chi connectivity index (χ2v) is 7.38. The van der Waals surface area contributed by atoms with E-state index in [9.17, 15) is 4.79 Å². The number of hydrogen-bond acceptors (Lipinski definition) is 3. The van der Waals surface area contributed by atoms with E-state index < -0.39 is 0 Å². The number of ether oxygens (including phenoxy) is 2. The average molecular weight is 351 g/mol. The quantitative estimate of drug-likeness (QED) is 0.843. The van der Waals surface area contributed by atoms with E-state index in [-0.39, 0.29) is 11.3 Å². The van der Waals surface area contributed by atoms with E-state index in [4.69, 9.17) is 9.47 Å². The van der Waals surface area contributed by atoms with Gasteiger partial charge in [0.05, 0.1) is 14.2 Å². The molecule has 26 heavy (non-hydrogen) atoms. The number of carbonyl (C=O) groups excluding carboxylic acids is 1. The van der Waals surface area contributed by atoms with Crippen LogP contribution in [0.2, 0.25) is 0 Å². The molecule has 1 atom stereocenters. The molecule has 2 aromatic carbocycles. The van der Waals surface area contributed by atoms with Crippen LogP contribution in [0.25, 0.3) is 0 Å². The number of hydrogen-bond donors (Lipinski definition) is 0. The van der Waals surface area contributed by atoms with Crippen LogP contribution in [0, 0.1) is 0 Å². The molecule has 4 rings (SSSR count). The van der Waals surface area contributed by atoms with Gasteiger partial charge in [-0.25, -0.2) is 0 Å². The van der Waals surface area contributed by atoms with Crippen molar-refractivity contribution in [2.24, 2.45) is 0 Å². The van der Waals surface area contributed by atoms with E-state index >= 15 is 0 Å². The molecule has 1 aliphatic heterocycles. The number of rotatable bonds is 4. The van der Waals surface area contributed by atoms with Gasteiger partial charge in [0, 0.05) is 24.9 Å². The monoisotopic (exact) mass is 351 g/mol. The van der Waals surface area contributed by atoms with Crippen LogP contribution in [0.15, 0.2) is 42.5 Å². The minimum atomic E-state index is 0.0393. The summed E-state index contributed by atoms with van der Waals surface area (Å²) in [5, 5.41) is 0. The Morgan fingerprint density at radius 3 is 2.42 bits per heavy atom. The van der Waals surface area contributed by atoms with Gasteiger partial charge in [0.2, 0.25) is 5.91 Å². The minimum Gasteiger partial charge on any atom is -0.493 e. The largest absolute Gasteiger partial charge is 0.493 e. The van der Waals surface area contributed by atoms with Crippen LogP contribution in [0.5, 0.6) is 11.5 Å². The summed E-state index contributed by atoms with van der Waals surface area (Å²) in [5.41, 5.74) is 3.89. The van der Waals surface area contributed by atoms with Crippen LogP contribution in [0.4, 0.5) is 0 Å². The van der Waals surface area contributed by atoms with Crippen molar-refractivity contribution in [2.45, 2.75) is 37.6 Å². The summed E-state index contributed by atoms with van der Waals surface area (Å²) in [6.07, 6.45) is 3.64. The topological polar surface area (TPSA) is 38.8 Å². The number of piperidine rings is 1. The molecule has 0 bridgehead atoms. The molecule has 1 heterocycles. The lowest BCUT2D eigenvalue weighted by molar-refractivity contribution is -0.136. The number of fused-ring (bicyclic) bond motifs is 2. The lowest BCUT2D eigenvalue weighted by Crippen LogP contribution is -2.47. The molecule has 1 fully saturated rings. The molecule has 4 nitrogen and oxygen atoms in total. The summed E-state index contributed by atoms with van der Waals surface area (Å²) >= 11 is 0. The molecule has 1 spiro atoms. The second-order valence-electron chi connectivity index (χ2n) is 7.38. The number of aryl methyl sites for hydroxylation is 1. The zero-order chi connectivity index (χ0) is 18.1. The van der Waals surface area contributed by atoms with Gasteiger partial charge in [0.1, 0.15) is 0 Å². The van der Waals surface area contributed by atoms with Crippen LogP contribution in [0.3, 0.4) is 0 Å². The van der Waals surface area contributed by atoms with Crippen LogP contribution < -0.4 is 9.47 Å². The Bertz CT molecular complexity index is 818. The lowest BCUT2D eigenvalue weighted by Gasteiger charge is -2.41. The van der Waals surface area contributed by atoms with Gasteiger partial charge in [-0.15, -0.1) is 0 Å². The third-order valence-electron chi connectivity index (χ3n) is 5.93. The highest BCUT2D eigenvalue weighted by atomic mass is 16.5. The Hall–Kier alpha value is -2.49. The predicted molar refractivity (Wildman–Crippen MR) is 101 cm³/mol. The summed E-state index contributed by atoms with van der Waals surface area (Å²) in [7, 11) is 3.35. The van der Waals surface area contributed by atoms with Crippen molar-refractivity contribution in [3.63, 3.8) is 0 Å². The number of amides is 1. The van der Waals surface area contributed by atoms with Crippen molar-refractivity contribution in [1.82, 2.24) is 4.90 Å². The first-order chi connectivity index (χ1) is 12.6. The lowest BCUT2D eigenvalue weighted by atomic mass is 9.74. The van der Waals surface area contributed by atoms with E-state index in [0.717, 1.165) is 37.3 Å². The van der Waals surface area contributed by atoms with E-state index in [2.05, 4.69) is 24.3 Å². The highest BCUT2D eigenvalue weighted by Crippen LogP contribution is 2.48. The van der Waals surface area contributed by atoms with Gasteiger partial charge >= 0.3 is 0 Å². The normalized spacial score (nSPS) is 21.8. The molecular weight excluding hydrogens is 326 g/mol. The third kappa shape index (κ3) is 2.83. The van der Waals surface area contributed by atoms with Crippen molar-refractivity contribution < 1.29 is 14.3 Å². The van der Waals surface area contributed by atoms with E-state index in [1.165, 1.54) is 16.7 Å². The van der Waals surface area contributed by atoms with Gasteiger partial charge in [-0.05, 0) is 48.1 Å². The number of carbonyl (C=O) groups is 1. The van der Waals surface area contributed by atoms with E-state index in [1.54, 1.807) is 14.2 Å². The van der Waals surface area contributed by atoms with Gasteiger partial charge in [-0.1, -0.05) is 30.3 Å². The first-order valence-electron chi connectivity index (χ1n) is 9.22. The van der Waals surface area contributed by atoms with Crippen molar-refractivity contribution in [3.8, 4) is 11.5 Å². The maximum absolute atomic E-state index is 12.6. The molecule has 1 amide bonds. The van der Waals surface area contributed by atoms with Gasteiger partial charge in [-0.2, -0.15) is 0 Å². The number of likely N-dealkylation sites (tertiary alicyclic amines) is 1. The Kier molecular flexibility index (Phi) is 4.35. The van der Waals surface area contributed by atoms with Gasteiger partial charge in [-0.3, -0.25) is 4.79 Å². The standard InChI is InChI=1S/C22H25NO3/c1-25-19-12-17-8-10-22(18(17)13-20(19)26-2)11-9-21(24)23(15-22)14-16-6-4-3-5-7-16/h3-7,12-13H,8-11,14-15H2,1-2H3. The molecule has 2 aromatic rings. The SMILES string of the molecule is COc1cc2c(cc1OC)C1(CCC(=O)N(Cc3ccccc3)C1)CC2. The Labute approximate surface area is 154 Å². The summed E-state index contributed by atoms with van der Waals surface area (Å²) < 4.78 is 11.0. The molecule has 0 radical (unpaired) electrons. The van der Waals surface area contributed by atoms with Crippen LogP contribution in [0.1, 0.15) is 36.0 Å². The molecular formula is C22H25NO3. The summed E-state index contributed by atoms with van der Waals surface area (Å²) in [6.45, 7) is 1.47. The minimum absolute atomic E-state index is 0.0393. The zero-order valence-electron chi connectivity index (χ0n) is 15.5. The Morgan fingerprint density at radius 2 is 1.69 bits per heavy atom. The summed E-state index contributed by atoms with van der Waals surface area (Å²) in [5.74, 6) is 1.82. The molecule has 0 aromatic heterocycles. The van der Waals surface area contributed by atoms with E-state index in [0.29, 0.717) is 13.0 Å². The third-order valence-corrected chi connectivity index (χ3v) is 5.93.